The Kier molecular flexibility index (Phi) is 3.07. The van der Waals surface area contributed by atoms with Crippen molar-refractivity contribution in [1.29, 1.82) is 5.26 Å². The molecule has 80 valence electrons. The van der Waals surface area contributed by atoms with E-state index in [0.717, 1.165) is 10.9 Å². The van der Waals surface area contributed by atoms with Crippen LogP contribution in [0.1, 0.15) is 30.6 Å². The van der Waals surface area contributed by atoms with E-state index in [1.54, 1.807) is 0 Å². The summed E-state index contributed by atoms with van der Waals surface area (Å²) >= 11 is 1.40. The maximum atomic E-state index is 8.95. The van der Waals surface area contributed by atoms with Crippen LogP contribution < -0.4 is 10.6 Å². The van der Waals surface area contributed by atoms with Crippen LogP contribution in [0.2, 0.25) is 0 Å². The van der Waals surface area contributed by atoms with Gasteiger partial charge in [0.2, 0.25) is 0 Å². The van der Waals surface area contributed by atoms with Crippen LogP contribution in [0.25, 0.3) is 0 Å². The fourth-order valence-electron chi connectivity index (χ4n) is 1.86. The molecule has 0 atom stereocenters. The lowest BCUT2D eigenvalue weighted by molar-refractivity contribution is 0.751. The van der Waals surface area contributed by atoms with Crippen LogP contribution >= 0.6 is 11.3 Å². The predicted octanol–water partition coefficient (Wildman–Crippen LogP) is 2.41. The van der Waals surface area contributed by atoms with Gasteiger partial charge < -0.3 is 10.6 Å². The molecule has 1 saturated carbocycles. The van der Waals surface area contributed by atoms with Crippen LogP contribution in [0.5, 0.6) is 0 Å². The first-order valence-corrected chi connectivity index (χ1v) is 6.00. The lowest BCUT2D eigenvalue weighted by Crippen LogP contribution is -2.15. The number of hydrogen-bond donors (Lipinski definition) is 2. The molecule has 15 heavy (non-hydrogen) atoms. The lowest BCUT2D eigenvalue weighted by Gasteiger charge is -2.10. The highest BCUT2D eigenvalue weighted by Gasteiger charge is 2.18. The first kappa shape index (κ1) is 10.2. The Labute approximate surface area is 93.3 Å². The largest absolute Gasteiger partial charge is 0.365 e. The van der Waals surface area contributed by atoms with Crippen molar-refractivity contribution in [3.63, 3.8) is 0 Å². The van der Waals surface area contributed by atoms with Gasteiger partial charge in [-0.2, -0.15) is 5.26 Å². The van der Waals surface area contributed by atoms with Crippen molar-refractivity contribution >= 4 is 22.3 Å². The zero-order valence-electron chi connectivity index (χ0n) is 8.71. The van der Waals surface area contributed by atoms with Crippen molar-refractivity contribution in [2.45, 2.75) is 31.7 Å². The summed E-state index contributed by atoms with van der Waals surface area (Å²) in [6.45, 7) is 0. The minimum atomic E-state index is 0.504. The van der Waals surface area contributed by atoms with Crippen LogP contribution in [-0.2, 0) is 0 Å². The molecule has 1 heterocycles. The van der Waals surface area contributed by atoms with Gasteiger partial charge >= 0.3 is 0 Å². The molecule has 1 aliphatic carbocycles. The molecular weight excluding hydrogens is 208 g/mol. The average Bonchev–Trinajstić information content (AvgIpc) is 2.87. The number of nitrogens with one attached hydrogen (secondary N) is 2. The molecule has 1 aromatic rings. The van der Waals surface area contributed by atoms with E-state index in [2.05, 4.69) is 21.7 Å². The summed E-state index contributed by atoms with van der Waals surface area (Å²) in [6.07, 6.45) is 4.94. The van der Waals surface area contributed by atoms with Gasteiger partial charge in [-0.05, 0) is 12.8 Å². The molecule has 1 fully saturated rings. The zero-order valence-corrected chi connectivity index (χ0v) is 9.52. The molecule has 0 amide bonds. The van der Waals surface area contributed by atoms with E-state index < -0.39 is 0 Å². The van der Waals surface area contributed by atoms with Crippen molar-refractivity contribution in [2.24, 2.45) is 0 Å². The van der Waals surface area contributed by atoms with Gasteiger partial charge in [0.05, 0.1) is 0 Å². The van der Waals surface area contributed by atoms with E-state index in [0.29, 0.717) is 10.9 Å². The fraction of sp³-hybridized carbons (Fsp3) is 0.600. The number of rotatable bonds is 3. The first-order valence-electron chi connectivity index (χ1n) is 5.18. The van der Waals surface area contributed by atoms with E-state index in [1.165, 1.54) is 37.0 Å². The molecule has 0 radical (unpaired) electrons. The van der Waals surface area contributed by atoms with Gasteiger partial charge in [0.15, 0.2) is 15.8 Å². The Morgan fingerprint density at radius 1 is 1.47 bits per heavy atom. The maximum Gasteiger partial charge on any atom is 0.185 e. The number of nitriles is 1. The van der Waals surface area contributed by atoms with Gasteiger partial charge in [-0.1, -0.05) is 24.2 Å². The normalized spacial score (nSPS) is 16.3. The van der Waals surface area contributed by atoms with Gasteiger partial charge in [0, 0.05) is 13.1 Å². The molecule has 2 rings (SSSR count). The molecule has 5 heteroatoms. The van der Waals surface area contributed by atoms with E-state index in [9.17, 15) is 0 Å². The Balaban J connectivity index is 2.12. The van der Waals surface area contributed by atoms with Gasteiger partial charge in [-0.3, -0.25) is 0 Å². The third kappa shape index (κ3) is 2.21. The van der Waals surface area contributed by atoms with Gasteiger partial charge in [0.1, 0.15) is 6.07 Å². The van der Waals surface area contributed by atoms with E-state index in [1.807, 2.05) is 7.05 Å². The number of nitrogens with zero attached hydrogens (tertiary/aromatic N) is 2. The van der Waals surface area contributed by atoms with Crippen LogP contribution in [0.15, 0.2) is 0 Å². The molecule has 0 bridgehead atoms. The minimum Gasteiger partial charge on any atom is -0.365 e. The van der Waals surface area contributed by atoms with Crippen LogP contribution in [0.4, 0.5) is 10.9 Å². The van der Waals surface area contributed by atoms with Crippen molar-refractivity contribution < 1.29 is 0 Å². The second-order valence-electron chi connectivity index (χ2n) is 3.68. The summed E-state index contributed by atoms with van der Waals surface area (Å²) in [5, 5.41) is 16.1. The Hall–Kier alpha value is -1.28. The highest BCUT2D eigenvalue weighted by Crippen LogP contribution is 2.29. The molecule has 4 nitrogen and oxygen atoms in total. The Morgan fingerprint density at radius 2 is 2.20 bits per heavy atom. The first-order chi connectivity index (χ1) is 7.33. The molecule has 0 saturated heterocycles. The molecule has 0 aromatic carbocycles. The fourth-order valence-corrected chi connectivity index (χ4v) is 2.54. The summed E-state index contributed by atoms with van der Waals surface area (Å²) in [5.41, 5.74) is 0. The van der Waals surface area contributed by atoms with Crippen LogP contribution in [0.3, 0.4) is 0 Å². The smallest absolute Gasteiger partial charge is 0.185 e. The molecule has 1 aliphatic rings. The van der Waals surface area contributed by atoms with Crippen molar-refractivity contribution in [3.8, 4) is 6.07 Å². The van der Waals surface area contributed by atoms with Crippen LogP contribution in [0, 0.1) is 11.3 Å². The van der Waals surface area contributed by atoms with Gasteiger partial charge in [-0.25, -0.2) is 4.98 Å². The second kappa shape index (κ2) is 4.49. The molecule has 0 aliphatic heterocycles. The van der Waals surface area contributed by atoms with Crippen LogP contribution in [-0.4, -0.2) is 18.1 Å². The molecule has 0 spiro atoms. The summed E-state index contributed by atoms with van der Waals surface area (Å²) in [7, 11) is 1.82. The summed E-state index contributed by atoms with van der Waals surface area (Å²) in [5.74, 6) is 0.749. The van der Waals surface area contributed by atoms with Gasteiger partial charge in [-0.15, -0.1) is 0 Å². The van der Waals surface area contributed by atoms with Crippen molar-refractivity contribution in [3.05, 3.63) is 4.88 Å². The zero-order chi connectivity index (χ0) is 10.7. The highest BCUT2D eigenvalue weighted by atomic mass is 32.1. The number of thiazole rings is 1. The molecule has 2 N–H and O–H groups in total. The molecule has 0 unspecified atom stereocenters. The minimum absolute atomic E-state index is 0.504. The van der Waals surface area contributed by atoms with E-state index >= 15 is 0 Å². The van der Waals surface area contributed by atoms with Gasteiger partial charge in [0.25, 0.3) is 0 Å². The average molecular weight is 222 g/mol. The summed E-state index contributed by atoms with van der Waals surface area (Å²) < 4.78 is 0. The van der Waals surface area contributed by atoms with E-state index in [4.69, 9.17) is 5.26 Å². The lowest BCUT2D eigenvalue weighted by atomic mass is 10.2. The Bertz CT molecular complexity index is 373. The molecular formula is C10H14N4S. The molecule has 1 aromatic heterocycles. The van der Waals surface area contributed by atoms with Crippen molar-refractivity contribution in [2.75, 3.05) is 17.7 Å². The third-order valence-electron chi connectivity index (χ3n) is 2.64. The number of anilines is 2. The quantitative estimate of drug-likeness (QED) is 0.824. The topological polar surface area (TPSA) is 60.7 Å². The number of aromatic nitrogens is 1. The van der Waals surface area contributed by atoms with E-state index in [-0.39, 0.29) is 0 Å². The summed E-state index contributed by atoms with van der Waals surface area (Å²) in [6, 6.07) is 2.68. The monoisotopic (exact) mass is 222 g/mol. The second-order valence-corrected chi connectivity index (χ2v) is 4.68. The standard InChI is InChI=1S/C10H14N4S/c1-12-10-14-9(8(6-11)15-10)13-7-4-2-3-5-7/h7,13H,2-5H2,1H3,(H,12,14). The summed E-state index contributed by atoms with van der Waals surface area (Å²) in [4.78, 5) is 5.01. The predicted molar refractivity (Wildman–Crippen MR) is 62.3 cm³/mol. The third-order valence-corrected chi connectivity index (χ3v) is 3.62. The number of hydrogen-bond acceptors (Lipinski definition) is 5. The maximum absolute atomic E-state index is 8.95. The highest BCUT2D eigenvalue weighted by molar-refractivity contribution is 7.16. The van der Waals surface area contributed by atoms with Crippen molar-refractivity contribution in [1.82, 2.24) is 4.98 Å². The SMILES string of the molecule is CNc1nc(NC2CCCC2)c(C#N)s1. The Morgan fingerprint density at radius 3 is 2.80 bits per heavy atom.